The summed E-state index contributed by atoms with van der Waals surface area (Å²) in [5.74, 6) is -1.07. The Kier molecular flexibility index (Phi) is 5.38. The average molecular weight is 351 g/mol. The molecule has 0 aromatic heterocycles. The maximum absolute atomic E-state index is 14.2. The van der Waals surface area contributed by atoms with Crippen LogP contribution in [0.3, 0.4) is 0 Å². The van der Waals surface area contributed by atoms with Gasteiger partial charge in [0.15, 0.2) is 0 Å². The molecule has 0 radical (unpaired) electrons. The van der Waals surface area contributed by atoms with E-state index in [0.29, 0.717) is 24.6 Å². The van der Waals surface area contributed by atoms with Gasteiger partial charge in [0.25, 0.3) is 5.91 Å². The number of nitrogens with one attached hydrogen (secondary N) is 2. The molecular formula is C18H26FN3O3. The molecule has 2 fully saturated rings. The summed E-state index contributed by atoms with van der Waals surface area (Å²) in [6, 6.07) is 3.31. The predicted octanol–water partition coefficient (Wildman–Crippen LogP) is 1.46. The molecule has 3 heterocycles. The number of hydrogen-bond acceptors (Lipinski definition) is 5. The van der Waals surface area contributed by atoms with E-state index in [1.807, 2.05) is 13.8 Å². The molecule has 7 heteroatoms. The second-order valence-corrected chi connectivity index (χ2v) is 6.77. The molecule has 3 aliphatic rings. The topological polar surface area (TPSA) is 73.8 Å². The second kappa shape index (κ2) is 7.37. The zero-order valence-electron chi connectivity index (χ0n) is 14.8. The Hall–Kier alpha value is -1.54. The van der Waals surface area contributed by atoms with E-state index in [4.69, 9.17) is 9.94 Å². The van der Waals surface area contributed by atoms with Gasteiger partial charge >= 0.3 is 0 Å². The zero-order chi connectivity index (χ0) is 18.0. The molecule has 2 saturated heterocycles. The van der Waals surface area contributed by atoms with Crippen LogP contribution in [0.1, 0.15) is 41.8 Å². The van der Waals surface area contributed by atoms with Crippen molar-refractivity contribution in [3.63, 3.8) is 0 Å². The number of benzene rings is 1. The van der Waals surface area contributed by atoms with E-state index in [1.54, 1.807) is 11.5 Å². The number of halogens is 1. The van der Waals surface area contributed by atoms with Crippen molar-refractivity contribution in [1.29, 1.82) is 0 Å². The van der Waals surface area contributed by atoms with Gasteiger partial charge in [-0.05, 0) is 36.1 Å². The lowest BCUT2D eigenvalue weighted by atomic mass is 9.94. The molecule has 0 aliphatic carbocycles. The lowest BCUT2D eigenvalue weighted by Crippen LogP contribution is -2.48. The minimum absolute atomic E-state index is 0.124. The molecule has 0 unspecified atom stereocenters. The van der Waals surface area contributed by atoms with Gasteiger partial charge in [-0.2, -0.15) is 0 Å². The van der Waals surface area contributed by atoms with E-state index in [0.717, 1.165) is 38.2 Å². The highest BCUT2D eigenvalue weighted by atomic mass is 19.1. The summed E-state index contributed by atoms with van der Waals surface area (Å²) in [6.45, 7) is 7.82. The van der Waals surface area contributed by atoms with Crippen molar-refractivity contribution in [1.82, 2.24) is 15.7 Å². The molecule has 2 bridgehead atoms. The van der Waals surface area contributed by atoms with Gasteiger partial charge in [0.2, 0.25) is 0 Å². The molecule has 138 valence electrons. The number of morpholine rings is 1. The third kappa shape index (κ3) is 3.55. The quantitative estimate of drug-likeness (QED) is 0.568. The number of carbonyl (C=O) groups excluding carboxylic acids is 1. The molecule has 6 nitrogen and oxygen atoms in total. The monoisotopic (exact) mass is 351 g/mol. The first-order valence-electron chi connectivity index (χ1n) is 8.94. The number of carbonyl (C=O) groups is 1. The molecule has 3 aliphatic heterocycles. The van der Waals surface area contributed by atoms with Crippen LogP contribution in [0.25, 0.3) is 0 Å². The van der Waals surface area contributed by atoms with E-state index < -0.39 is 5.91 Å². The summed E-state index contributed by atoms with van der Waals surface area (Å²) >= 11 is 0. The molecule has 1 amide bonds. The van der Waals surface area contributed by atoms with Crippen LogP contribution in [-0.2, 0) is 17.7 Å². The standard InChI is InChI=1S/C16H20FN3O3.C2H6/c17-14-4-10(15(21)19-22)3-11-6-20(2-1-13(11)14)9-16-5-12(7-23-16)18-8-16;1-2/h3-4,12,18,22H,1-2,5-9H2,(H,19,21);1-2H3/t12-,16-;/m1./s1. The number of hydroxylamine groups is 1. The van der Waals surface area contributed by atoms with Gasteiger partial charge in [0.05, 0.1) is 12.2 Å². The van der Waals surface area contributed by atoms with Crippen LogP contribution >= 0.6 is 0 Å². The van der Waals surface area contributed by atoms with Crippen molar-refractivity contribution < 1.29 is 19.1 Å². The average Bonchev–Trinajstić information content (AvgIpc) is 3.22. The van der Waals surface area contributed by atoms with E-state index in [9.17, 15) is 9.18 Å². The van der Waals surface area contributed by atoms with Crippen LogP contribution < -0.4 is 10.8 Å². The van der Waals surface area contributed by atoms with Gasteiger partial charge in [-0.15, -0.1) is 0 Å². The number of fused-ring (bicyclic) bond motifs is 3. The Morgan fingerprint density at radius 3 is 2.92 bits per heavy atom. The summed E-state index contributed by atoms with van der Waals surface area (Å²) in [6.07, 6.45) is 1.65. The van der Waals surface area contributed by atoms with Gasteiger partial charge in [-0.3, -0.25) is 14.9 Å². The molecule has 2 atom stereocenters. The molecule has 4 rings (SSSR count). The van der Waals surface area contributed by atoms with Crippen LogP contribution in [0.2, 0.25) is 0 Å². The first kappa shape index (κ1) is 18.3. The van der Waals surface area contributed by atoms with Gasteiger partial charge in [0, 0.05) is 37.8 Å². The number of rotatable bonds is 3. The molecule has 1 aromatic rings. The Morgan fingerprint density at radius 2 is 2.32 bits per heavy atom. The second-order valence-electron chi connectivity index (χ2n) is 6.77. The van der Waals surface area contributed by atoms with E-state index in [1.165, 1.54) is 6.07 Å². The van der Waals surface area contributed by atoms with Gasteiger partial charge in [0.1, 0.15) is 5.82 Å². The number of hydrogen-bond donors (Lipinski definition) is 3. The number of amides is 1. The number of nitrogens with zero attached hydrogens (tertiary/aromatic N) is 1. The Labute approximate surface area is 147 Å². The zero-order valence-corrected chi connectivity index (χ0v) is 14.8. The fraction of sp³-hybridized carbons (Fsp3) is 0.611. The van der Waals surface area contributed by atoms with Crippen LogP contribution in [0.15, 0.2) is 12.1 Å². The predicted molar refractivity (Wildman–Crippen MR) is 91.1 cm³/mol. The molecule has 0 saturated carbocycles. The maximum Gasteiger partial charge on any atom is 0.274 e. The summed E-state index contributed by atoms with van der Waals surface area (Å²) in [4.78, 5) is 13.8. The molecular weight excluding hydrogens is 325 g/mol. The largest absolute Gasteiger partial charge is 0.371 e. The maximum atomic E-state index is 14.2. The third-order valence-electron chi connectivity index (χ3n) is 5.16. The highest BCUT2D eigenvalue weighted by Gasteiger charge is 2.47. The molecule has 1 aromatic carbocycles. The van der Waals surface area contributed by atoms with E-state index in [-0.39, 0.29) is 17.0 Å². The SMILES string of the molecule is CC.O=C(NO)c1cc(F)c2c(c1)CN(C[C@@]13CN[C@@H](CO1)C3)CC2. The summed E-state index contributed by atoms with van der Waals surface area (Å²) < 4.78 is 20.2. The Balaban J connectivity index is 0.000000880. The fourth-order valence-corrected chi connectivity index (χ4v) is 4.04. The van der Waals surface area contributed by atoms with Crippen molar-refractivity contribution >= 4 is 5.91 Å². The van der Waals surface area contributed by atoms with Crippen molar-refractivity contribution in [2.75, 3.05) is 26.2 Å². The first-order valence-corrected chi connectivity index (χ1v) is 8.94. The summed E-state index contributed by atoms with van der Waals surface area (Å²) in [5.41, 5.74) is 3.06. The van der Waals surface area contributed by atoms with E-state index in [2.05, 4.69) is 10.2 Å². The summed E-state index contributed by atoms with van der Waals surface area (Å²) in [5, 5.41) is 12.2. The van der Waals surface area contributed by atoms with Crippen molar-refractivity contribution in [2.45, 2.75) is 44.9 Å². The third-order valence-corrected chi connectivity index (χ3v) is 5.16. The Morgan fingerprint density at radius 1 is 1.52 bits per heavy atom. The van der Waals surface area contributed by atoms with Gasteiger partial charge in [-0.1, -0.05) is 13.8 Å². The summed E-state index contributed by atoms with van der Waals surface area (Å²) in [7, 11) is 0. The fourth-order valence-electron chi connectivity index (χ4n) is 4.04. The minimum Gasteiger partial charge on any atom is -0.371 e. The lowest BCUT2D eigenvalue weighted by molar-refractivity contribution is -0.0324. The molecule has 0 spiro atoms. The number of ether oxygens (including phenoxy) is 1. The van der Waals surface area contributed by atoms with Crippen molar-refractivity contribution in [3.05, 3.63) is 34.6 Å². The van der Waals surface area contributed by atoms with Gasteiger partial charge < -0.3 is 10.1 Å². The highest BCUT2D eigenvalue weighted by Crippen LogP contribution is 2.33. The van der Waals surface area contributed by atoms with Crippen LogP contribution in [0, 0.1) is 5.82 Å². The van der Waals surface area contributed by atoms with Gasteiger partial charge in [-0.25, -0.2) is 9.87 Å². The normalized spacial score (nSPS) is 27.4. The van der Waals surface area contributed by atoms with Crippen LogP contribution in [-0.4, -0.2) is 53.9 Å². The molecule has 25 heavy (non-hydrogen) atoms. The molecule has 3 N–H and O–H groups in total. The van der Waals surface area contributed by atoms with Crippen LogP contribution in [0.5, 0.6) is 0 Å². The van der Waals surface area contributed by atoms with Crippen molar-refractivity contribution in [2.24, 2.45) is 0 Å². The minimum atomic E-state index is -0.690. The van der Waals surface area contributed by atoms with E-state index >= 15 is 0 Å². The van der Waals surface area contributed by atoms with Crippen LogP contribution in [0.4, 0.5) is 4.39 Å². The smallest absolute Gasteiger partial charge is 0.274 e. The Bertz CT molecular complexity index is 645. The van der Waals surface area contributed by atoms with Crippen molar-refractivity contribution in [3.8, 4) is 0 Å². The first-order chi connectivity index (χ1) is 12.1. The lowest BCUT2D eigenvalue weighted by Gasteiger charge is -2.36. The highest BCUT2D eigenvalue weighted by molar-refractivity contribution is 5.93.